The van der Waals surface area contributed by atoms with Gasteiger partial charge in [-0.1, -0.05) is 18.2 Å². The normalized spacial score (nSPS) is 11.0. The molecule has 0 aliphatic carbocycles. The molecule has 120 valence electrons. The van der Waals surface area contributed by atoms with E-state index in [0.29, 0.717) is 22.7 Å². The van der Waals surface area contributed by atoms with E-state index in [0.717, 1.165) is 23.3 Å². The summed E-state index contributed by atoms with van der Waals surface area (Å²) in [5, 5.41) is 11.1. The minimum atomic E-state index is -1.18. The van der Waals surface area contributed by atoms with E-state index in [1.165, 1.54) is 0 Å². The van der Waals surface area contributed by atoms with Crippen LogP contribution in [0.2, 0.25) is 0 Å². The maximum atomic E-state index is 11.6. The lowest BCUT2D eigenvalue weighted by atomic mass is 10.1. The number of carboxylic acid groups (broad SMARTS) is 1. The number of carboxylic acids is 1. The highest BCUT2D eigenvalue weighted by Crippen LogP contribution is 2.28. The van der Waals surface area contributed by atoms with Crippen LogP contribution in [0.1, 0.15) is 5.56 Å². The number of nitrogens with one attached hydrogen (secondary N) is 1. The third-order valence-corrected chi connectivity index (χ3v) is 3.41. The molecule has 0 bridgehead atoms. The molecule has 1 aromatic heterocycles. The lowest BCUT2D eigenvalue weighted by molar-refractivity contribution is -0.131. The minimum absolute atomic E-state index is 0.495. The summed E-state index contributed by atoms with van der Waals surface area (Å²) in [6.45, 7) is 1.98. The van der Waals surface area contributed by atoms with Gasteiger partial charge in [0, 0.05) is 29.5 Å². The van der Waals surface area contributed by atoms with Gasteiger partial charge in [0.1, 0.15) is 5.52 Å². The van der Waals surface area contributed by atoms with E-state index in [1.807, 2.05) is 31.2 Å². The molecule has 3 aromatic rings. The molecular formula is C18H14N2O4. The van der Waals surface area contributed by atoms with Crippen molar-refractivity contribution in [3.8, 4) is 11.5 Å². The summed E-state index contributed by atoms with van der Waals surface area (Å²) in [6, 6.07) is 12.8. The van der Waals surface area contributed by atoms with E-state index in [4.69, 9.17) is 9.52 Å². The van der Waals surface area contributed by atoms with Crippen molar-refractivity contribution in [2.45, 2.75) is 6.92 Å². The van der Waals surface area contributed by atoms with Gasteiger partial charge in [0.25, 0.3) is 0 Å². The lowest BCUT2D eigenvalue weighted by Gasteiger charge is -2.00. The van der Waals surface area contributed by atoms with Gasteiger partial charge in [0.15, 0.2) is 5.58 Å². The molecule has 2 N–H and O–H groups in total. The fourth-order valence-corrected chi connectivity index (χ4v) is 2.26. The summed E-state index contributed by atoms with van der Waals surface area (Å²) in [7, 11) is 0. The molecule has 0 atom stereocenters. The summed E-state index contributed by atoms with van der Waals surface area (Å²) < 4.78 is 5.78. The number of amides is 1. The van der Waals surface area contributed by atoms with E-state index < -0.39 is 11.9 Å². The van der Waals surface area contributed by atoms with Crippen molar-refractivity contribution in [2.24, 2.45) is 0 Å². The van der Waals surface area contributed by atoms with E-state index in [9.17, 15) is 9.59 Å². The number of aryl methyl sites for hydroxylation is 1. The van der Waals surface area contributed by atoms with Crippen LogP contribution in [0.15, 0.2) is 59.0 Å². The summed E-state index contributed by atoms with van der Waals surface area (Å²) in [5.41, 5.74) is 3.66. The second-order valence-electron chi connectivity index (χ2n) is 5.18. The van der Waals surface area contributed by atoms with Crippen molar-refractivity contribution in [1.29, 1.82) is 0 Å². The van der Waals surface area contributed by atoms with Gasteiger partial charge in [0.05, 0.1) is 0 Å². The summed E-state index contributed by atoms with van der Waals surface area (Å²) in [4.78, 5) is 26.5. The highest BCUT2D eigenvalue weighted by Gasteiger charge is 2.11. The number of benzene rings is 2. The number of nitrogens with zero attached hydrogens (tertiary/aromatic N) is 1. The van der Waals surface area contributed by atoms with Crippen LogP contribution in [0.5, 0.6) is 0 Å². The molecule has 0 aliphatic rings. The second kappa shape index (κ2) is 6.37. The van der Waals surface area contributed by atoms with Crippen LogP contribution in [0.3, 0.4) is 0 Å². The Morgan fingerprint density at radius 2 is 1.96 bits per heavy atom. The predicted molar refractivity (Wildman–Crippen MR) is 89.6 cm³/mol. The molecular weight excluding hydrogens is 308 g/mol. The van der Waals surface area contributed by atoms with Crippen molar-refractivity contribution in [3.63, 3.8) is 0 Å². The SMILES string of the molecule is Cc1ccccc1-c1nc2ccc(NC(=O)/C=C/C(=O)O)cc2o1. The maximum absolute atomic E-state index is 11.6. The molecule has 1 heterocycles. The summed E-state index contributed by atoms with van der Waals surface area (Å²) in [6.07, 6.45) is 1.73. The number of rotatable bonds is 4. The average molecular weight is 322 g/mol. The first-order valence-electron chi connectivity index (χ1n) is 7.21. The Kier molecular flexibility index (Phi) is 4.11. The van der Waals surface area contributed by atoms with E-state index in [2.05, 4.69) is 10.3 Å². The number of oxazole rings is 1. The molecule has 0 radical (unpaired) electrons. The third-order valence-electron chi connectivity index (χ3n) is 3.41. The molecule has 0 unspecified atom stereocenters. The number of fused-ring (bicyclic) bond motifs is 1. The van der Waals surface area contributed by atoms with Crippen LogP contribution in [-0.4, -0.2) is 22.0 Å². The Balaban J connectivity index is 1.88. The van der Waals surface area contributed by atoms with Crippen LogP contribution in [0, 0.1) is 6.92 Å². The van der Waals surface area contributed by atoms with Crippen LogP contribution in [0.4, 0.5) is 5.69 Å². The quantitative estimate of drug-likeness (QED) is 0.718. The number of aliphatic carboxylic acids is 1. The largest absolute Gasteiger partial charge is 0.478 e. The smallest absolute Gasteiger partial charge is 0.328 e. The van der Waals surface area contributed by atoms with Crippen molar-refractivity contribution >= 4 is 28.7 Å². The molecule has 0 spiro atoms. The Hall–Kier alpha value is -3.41. The first-order valence-corrected chi connectivity index (χ1v) is 7.21. The molecule has 24 heavy (non-hydrogen) atoms. The van der Waals surface area contributed by atoms with Gasteiger partial charge >= 0.3 is 5.97 Å². The number of carbonyl (C=O) groups excluding carboxylic acids is 1. The zero-order chi connectivity index (χ0) is 17.1. The zero-order valence-corrected chi connectivity index (χ0v) is 12.8. The molecule has 0 fully saturated rings. The topological polar surface area (TPSA) is 92.4 Å². The van der Waals surface area contributed by atoms with Crippen molar-refractivity contribution in [3.05, 3.63) is 60.2 Å². The van der Waals surface area contributed by atoms with Crippen molar-refractivity contribution < 1.29 is 19.1 Å². The number of carbonyl (C=O) groups is 2. The van der Waals surface area contributed by atoms with Gasteiger partial charge in [-0.25, -0.2) is 9.78 Å². The summed E-state index contributed by atoms with van der Waals surface area (Å²) >= 11 is 0. The molecule has 2 aromatic carbocycles. The highest BCUT2D eigenvalue weighted by atomic mass is 16.4. The summed E-state index contributed by atoms with van der Waals surface area (Å²) in [5.74, 6) is -1.20. The van der Waals surface area contributed by atoms with Crippen molar-refractivity contribution in [1.82, 2.24) is 4.98 Å². The molecule has 6 nitrogen and oxygen atoms in total. The number of hydrogen-bond acceptors (Lipinski definition) is 4. The van der Waals surface area contributed by atoms with Crippen LogP contribution in [-0.2, 0) is 9.59 Å². The van der Waals surface area contributed by atoms with Crippen LogP contribution < -0.4 is 5.32 Å². The molecule has 3 rings (SSSR count). The van der Waals surface area contributed by atoms with E-state index in [1.54, 1.807) is 18.2 Å². The molecule has 0 aliphatic heterocycles. The van der Waals surface area contributed by atoms with Gasteiger partial charge in [-0.15, -0.1) is 0 Å². The van der Waals surface area contributed by atoms with Crippen LogP contribution in [0.25, 0.3) is 22.6 Å². The second-order valence-corrected chi connectivity index (χ2v) is 5.18. The van der Waals surface area contributed by atoms with Crippen LogP contribution >= 0.6 is 0 Å². The third kappa shape index (κ3) is 3.33. The average Bonchev–Trinajstić information content (AvgIpc) is 2.96. The Morgan fingerprint density at radius 1 is 1.17 bits per heavy atom. The predicted octanol–water partition coefficient (Wildman–Crippen LogP) is 3.38. The minimum Gasteiger partial charge on any atom is -0.478 e. The molecule has 1 amide bonds. The lowest BCUT2D eigenvalue weighted by Crippen LogP contribution is -2.08. The van der Waals surface area contributed by atoms with Gasteiger partial charge in [-0.3, -0.25) is 4.79 Å². The van der Waals surface area contributed by atoms with E-state index in [-0.39, 0.29) is 0 Å². The van der Waals surface area contributed by atoms with Crippen molar-refractivity contribution in [2.75, 3.05) is 5.32 Å². The van der Waals surface area contributed by atoms with E-state index >= 15 is 0 Å². The Labute approximate surface area is 137 Å². The Bertz CT molecular complexity index is 957. The number of aromatic nitrogens is 1. The molecule has 6 heteroatoms. The molecule has 0 saturated carbocycles. The first kappa shape index (κ1) is 15.5. The standard InChI is InChI=1S/C18H14N2O4/c1-11-4-2-3-5-13(11)18-20-14-7-6-12(10-15(14)24-18)19-16(21)8-9-17(22)23/h2-10H,1H3,(H,19,21)(H,22,23)/b9-8+. The zero-order valence-electron chi connectivity index (χ0n) is 12.8. The number of hydrogen-bond donors (Lipinski definition) is 2. The number of anilines is 1. The maximum Gasteiger partial charge on any atom is 0.328 e. The van der Waals surface area contributed by atoms with Gasteiger partial charge in [-0.2, -0.15) is 0 Å². The van der Waals surface area contributed by atoms with Gasteiger partial charge < -0.3 is 14.8 Å². The fraction of sp³-hybridized carbons (Fsp3) is 0.0556. The van der Waals surface area contributed by atoms with Gasteiger partial charge in [0.2, 0.25) is 11.8 Å². The highest BCUT2D eigenvalue weighted by molar-refractivity contribution is 6.03. The first-order chi connectivity index (χ1) is 11.5. The van der Waals surface area contributed by atoms with Gasteiger partial charge in [-0.05, 0) is 30.7 Å². The molecule has 0 saturated heterocycles. The Morgan fingerprint density at radius 3 is 2.71 bits per heavy atom. The monoisotopic (exact) mass is 322 g/mol. The fourth-order valence-electron chi connectivity index (χ4n) is 2.26.